The van der Waals surface area contributed by atoms with E-state index in [1.807, 2.05) is 14.0 Å². The summed E-state index contributed by atoms with van der Waals surface area (Å²) in [5.74, 6) is 1.94. The molecule has 5 nitrogen and oxygen atoms in total. The molecule has 158 valence electrons. The second-order valence-electron chi connectivity index (χ2n) is 7.78. The summed E-state index contributed by atoms with van der Waals surface area (Å²) in [5.41, 5.74) is 0. The molecule has 1 N–H and O–H groups in total. The molecule has 2 unspecified atom stereocenters. The Morgan fingerprint density at radius 2 is 2.07 bits per heavy atom. The summed E-state index contributed by atoms with van der Waals surface area (Å²) in [4.78, 5) is 9.43. The average molecular weight is 504 g/mol. The number of nitrogens with zero attached hydrogens (tertiary/aromatic N) is 3. The first kappa shape index (κ1) is 23.2. The molecular formula is C21H34FIN4O. The van der Waals surface area contributed by atoms with Gasteiger partial charge in [-0.2, -0.15) is 0 Å². The summed E-state index contributed by atoms with van der Waals surface area (Å²) in [7, 11) is 1.83. The highest BCUT2D eigenvalue weighted by Crippen LogP contribution is 2.20. The van der Waals surface area contributed by atoms with Crippen LogP contribution < -0.4 is 10.1 Å². The maximum Gasteiger partial charge on any atom is 0.193 e. The zero-order valence-electron chi connectivity index (χ0n) is 17.1. The molecular weight excluding hydrogens is 470 g/mol. The van der Waals surface area contributed by atoms with E-state index in [-0.39, 0.29) is 35.9 Å². The minimum atomic E-state index is -0.278. The number of benzene rings is 1. The zero-order chi connectivity index (χ0) is 19.1. The van der Waals surface area contributed by atoms with Crippen molar-refractivity contribution in [2.24, 2.45) is 10.9 Å². The molecule has 2 atom stereocenters. The molecule has 2 heterocycles. The van der Waals surface area contributed by atoms with Crippen LogP contribution in [0.1, 0.15) is 32.6 Å². The fourth-order valence-corrected chi connectivity index (χ4v) is 4.06. The van der Waals surface area contributed by atoms with Gasteiger partial charge in [-0.15, -0.1) is 24.0 Å². The van der Waals surface area contributed by atoms with E-state index in [2.05, 4.69) is 20.1 Å². The first-order valence-corrected chi connectivity index (χ1v) is 10.2. The van der Waals surface area contributed by atoms with E-state index < -0.39 is 0 Å². The van der Waals surface area contributed by atoms with Crippen molar-refractivity contribution in [2.75, 3.05) is 46.3 Å². The molecule has 0 amide bonds. The number of nitrogens with one attached hydrogen (secondary N) is 1. The molecule has 0 aromatic heterocycles. The number of hydrogen-bond donors (Lipinski definition) is 1. The standard InChI is InChI=1S/C21H33FN4O.HI/c1-17(27-20-8-6-7-19(22)13-20)14-24-21(23-2)26-12-9-18(16-26)15-25-10-4-3-5-11-25;/h6-8,13,17-18H,3-5,9-12,14-16H2,1-2H3,(H,23,24);1H. The number of likely N-dealkylation sites (tertiary alicyclic amines) is 2. The van der Waals surface area contributed by atoms with E-state index >= 15 is 0 Å². The van der Waals surface area contributed by atoms with Gasteiger partial charge in [0.2, 0.25) is 0 Å². The van der Waals surface area contributed by atoms with Crippen molar-refractivity contribution in [2.45, 2.75) is 38.7 Å². The monoisotopic (exact) mass is 504 g/mol. The highest BCUT2D eigenvalue weighted by Gasteiger charge is 2.27. The fraction of sp³-hybridized carbons (Fsp3) is 0.667. The predicted octanol–water partition coefficient (Wildman–Crippen LogP) is 3.59. The van der Waals surface area contributed by atoms with Crippen molar-refractivity contribution < 1.29 is 9.13 Å². The zero-order valence-corrected chi connectivity index (χ0v) is 19.4. The Hall–Kier alpha value is -1.09. The Balaban J connectivity index is 0.00000280. The van der Waals surface area contributed by atoms with Crippen LogP contribution in [-0.2, 0) is 0 Å². The summed E-state index contributed by atoms with van der Waals surface area (Å²) in [6.07, 6.45) is 5.24. The van der Waals surface area contributed by atoms with E-state index in [0.717, 1.165) is 25.0 Å². The van der Waals surface area contributed by atoms with Crippen molar-refractivity contribution >= 4 is 29.9 Å². The van der Waals surface area contributed by atoms with Gasteiger partial charge in [-0.1, -0.05) is 12.5 Å². The molecule has 2 aliphatic rings. The maximum atomic E-state index is 13.3. The molecule has 0 radical (unpaired) electrons. The summed E-state index contributed by atoms with van der Waals surface area (Å²) in [5, 5.41) is 3.41. The quantitative estimate of drug-likeness (QED) is 0.365. The number of hydrogen-bond acceptors (Lipinski definition) is 3. The Morgan fingerprint density at radius 3 is 2.79 bits per heavy atom. The number of halogens is 2. The van der Waals surface area contributed by atoms with Gasteiger partial charge in [0.1, 0.15) is 17.7 Å². The first-order chi connectivity index (χ1) is 13.1. The van der Waals surface area contributed by atoms with Gasteiger partial charge in [-0.05, 0) is 57.3 Å². The molecule has 0 saturated carbocycles. The molecule has 0 bridgehead atoms. The van der Waals surface area contributed by atoms with Crippen molar-refractivity contribution in [3.8, 4) is 5.75 Å². The Kier molecular flexibility index (Phi) is 9.77. The lowest BCUT2D eigenvalue weighted by molar-refractivity contribution is 0.197. The number of guanidine groups is 1. The van der Waals surface area contributed by atoms with E-state index in [1.165, 1.54) is 57.5 Å². The largest absolute Gasteiger partial charge is 0.489 e. The number of rotatable bonds is 6. The molecule has 1 aromatic rings. The van der Waals surface area contributed by atoms with Crippen LogP contribution in [0.15, 0.2) is 29.3 Å². The van der Waals surface area contributed by atoms with Gasteiger partial charge in [-0.3, -0.25) is 4.99 Å². The summed E-state index contributed by atoms with van der Waals surface area (Å²) in [6, 6.07) is 6.28. The Morgan fingerprint density at radius 1 is 1.29 bits per heavy atom. The van der Waals surface area contributed by atoms with Gasteiger partial charge in [-0.25, -0.2) is 4.39 Å². The second kappa shape index (κ2) is 11.8. The van der Waals surface area contributed by atoms with Crippen molar-refractivity contribution in [1.82, 2.24) is 15.1 Å². The smallest absolute Gasteiger partial charge is 0.193 e. The number of ether oxygens (including phenoxy) is 1. The molecule has 2 aliphatic heterocycles. The normalized spacial score (nSPS) is 21.9. The molecule has 0 aliphatic carbocycles. The van der Waals surface area contributed by atoms with Crippen LogP contribution in [0.2, 0.25) is 0 Å². The number of piperidine rings is 1. The molecule has 28 heavy (non-hydrogen) atoms. The third-order valence-electron chi connectivity index (χ3n) is 5.44. The highest BCUT2D eigenvalue weighted by atomic mass is 127. The highest BCUT2D eigenvalue weighted by molar-refractivity contribution is 14.0. The SMILES string of the molecule is CN=C(NCC(C)Oc1cccc(F)c1)N1CCC(CN2CCCCC2)C1.I. The molecule has 3 rings (SSSR count). The second-order valence-corrected chi connectivity index (χ2v) is 7.78. The van der Waals surface area contributed by atoms with Crippen LogP contribution in [0.5, 0.6) is 5.75 Å². The van der Waals surface area contributed by atoms with Gasteiger partial charge in [0.15, 0.2) is 5.96 Å². The summed E-state index contributed by atoms with van der Waals surface area (Å²) < 4.78 is 19.1. The lowest BCUT2D eigenvalue weighted by atomic mass is 10.1. The molecule has 2 fully saturated rings. The Bertz CT molecular complexity index is 624. The van der Waals surface area contributed by atoms with Gasteiger partial charge < -0.3 is 19.9 Å². The first-order valence-electron chi connectivity index (χ1n) is 10.2. The van der Waals surface area contributed by atoms with Gasteiger partial charge >= 0.3 is 0 Å². The van der Waals surface area contributed by atoms with Gasteiger partial charge in [0.25, 0.3) is 0 Å². The maximum absolute atomic E-state index is 13.3. The van der Waals surface area contributed by atoms with E-state index in [9.17, 15) is 4.39 Å². The minimum Gasteiger partial charge on any atom is -0.489 e. The minimum absolute atomic E-state index is 0. The van der Waals surface area contributed by atoms with Crippen molar-refractivity contribution in [1.29, 1.82) is 0 Å². The van der Waals surface area contributed by atoms with E-state index in [4.69, 9.17) is 4.74 Å². The fourth-order valence-electron chi connectivity index (χ4n) is 4.06. The third-order valence-corrected chi connectivity index (χ3v) is 5.44. The Labute approximate surface area is 185 Å². The van der Waals surface area contributed by atoms with Crippen LogP contribution >= 0.6 is 24.0 Å². The van der Waals surface area contributed by atoms with E-state index in [0.29, 0.717) is 12.3 Å². The van der Waals surface area contributed by atoms with Crippen LogP contribution in [0, 0.1) is 11.7 Å². The third kappa shape index (κ3) is 7.06. The predicted molar refractivity (Wildman–Crippen MR) is 123 cm³/mol. The van der Waals surface area contributed by atoms with Crippen LogP contribution in [-0.4, -0.2) is 68.2 Å². The van der Waals surface area contributed by atoms with Crippen molar-refractivity contribution in [3.05, 3.63) is 30.1 Å². The van der Waals surface area contributed by atoms with Crippen molar-refractivity contribution in [3.63, 3.8) is 0 Å². The summed E-state index contributed by atoms with van der Waals surface area (Å²) in [6.45, 7) is 8.47. The topological polar surface area (TPSA) is 40.1 Å². The molecule has 7 heteroatoms. The lowest BCUT2D eigenvalue weighted by Crippen LogP contribution is -2.44. The average Bonchev–Trinajstić information content (AvgIpc) is 3.11. The van der Waals surface area contributed by atoms with Gasteiger partial charge in [0.05, 0.1) is 6.54 Å². The molecule has 1 aromatic carbocycles. The van der Waals surface area contributed by atoms with Crippen LogP contribution in [0.3, 0.4) is 0 Å². The number of aliphatic imine (C=N–C) groups is 1. The van der Waals surface area contributed by atoms with Crippen LogP contribution in [0.4, 0.5) is 4.39 Å². The van der Waals surface area contributed by atoms with Gasteiger partial charge in [0, 0.05) is 32.7 Å². The molecule has 0 spiro atoms. The lowest BCUT2D eigenvalue weighted by Gasteiger charge is -2.29. The molecule has 2 saturated heterocycles. The summed E-state index contributed by atoms with van der Waals surface area (Å²) >= 11 is 0. The van der Waals surface area contributed by atoms with E-state index in [1.54, 1.807) is 12.1 Å². The van der Waals surface area contributed by atoms with Crippen LogP contribution in [0.25, 0.3) is 0 Å².